The van der Waals surface area contributed by atoms with Gasteiger partial charge in [0, 0.05) is 28.3 Å². The Hall–Kier alpha value is -1.25. The second-order valence-corrected chi connectivity index (χ2v) is 5.58. The zero-order valence-corrected chi connectivity index (χ0v) is 12.8. The van der Waals surface area contributed by atoms with E-state index in [4.69, 9.17) is 16.3 Å². The highest BCUT2D eigenvalue weighted by Gasteiger charge is 2.17. The van der Waals surface area contributed by atoms with Crippen molar-refractivity contribution in [3.8, 4) is 5.88 Å². The number of carbonyl (C=O) groups is 1. The molecular weight excluding hydrogens is 342 g/mol. The second-order valence-electron chi connectivity index (χ2n) is 3.80. The number of halogens is 3. The standard InChI is InChI=1S/C12H9ClF2N2O2S2/c13-11(18)7-2-1-3-9(21-12(14)15)8(7)6-19-10-4-5-17(20)16-10/h1-5,12,20H,6H2. The van der Waals surface area contributed by atoms with Crippen LogP contribution in [0.15, 0.2) is 35.4 Å². The first-order valence-electron chi connectivity index (χ1n) is 5.61. The van der Waals surface area contributed by atoms with E-state index >= 15 is 0 Å². The van der Waals surface area contributed by atoms with E-state index in [2.05, 4.69) is 17.9 Å². The first-order valence-corrected chi connectivity index (χ1v) is 7.27. The van der Waals surface area contributed by atoms with E-state index in [1.807, 2.05) is 0 Å². The molecule has 0 aliphatic rings. The second kappa shape index (κ2) is 7.15. The van der Waals surface area contributed by atoms with E-state index < -0.39 is 11.0 Å². The highest BCUT2D eigenvalue weighted by molar-refractivity contribution is 7.99. The van der Waals surface area contributed by atoms with Crippen molar-refractivity contribution in [1.29, 1.82) is 0 Å². The number of rotatable bonds is 6. The van der Waals surface area contributed by atoms with Gasteiger partial charge in [0.05, 0.1) is 0 Å². The predicted octanol–water partition coefficient (Wildman–Crippen LogP) is 3.85. The van der Waals surface area contributed by atoms with Crippen molar-refractivity contribution in [3.05, 3.63) is 41.6 Å². The maximum Gasteiger partial charge on any atom is 0.288 e. The molecule has 1 heterocycles. The summed E-state index contributed by atoms with van der Waals surface area (Å²) in [6.45, 7) is -0.103. The number of hydrogen-bond acceptors (Lipinski definition) is 5. The molecule has 0 atom stereocenters. The number of hydrogen-bond donors (Lipinski definition) is 1. The van der Waals surface area contributed by atoms with Crippen molar-refractivity contribution in [1.82, 2.24) is 9.19 Å². The Balaban J connectivity index is 2.27. The van der Waals surface area contributed by atoms with Crippen LogP contribution in [0.5, 0.6) is 5.88 Å². The van der Waals surface area contributed by atoms with E-state index in [0.717, 1.165) is 0 Å². The van der Waals surface area contributed by atoms with E-state index in [0.29, 0.717) is 17.3 Å². The lowest BCUT2D eigenvalue weighted by Gasteiger charge is -2.12. The van der Waals surface area contributed by atoms with Crippen LogP contribution in [0.4, 0.5) is 8.78 Å². The minimum atomic E-state index is -2.61. The Bertz CT molecular complexity index is 652. The minimum absolute atomic E-state index is 0.103. The van der Waals surface area contributed by atoms with Gasteiger partial charge >= 0.3 is 0 Å². The summed E-state index contributed by atoms with van der Waals surface area (Å²) < 4.78 is 31.8. The Labute approximate surface area is 134 Å². The van der Waals surface area contributed by atoms with Crippen molar-refractivity contribution in [2.24, 2.45) is 0 Å². The predicted molar refractivity (Wildman–Crippen MR) is 79.4 cm³/mol. The molecule has 112 valence electrons. The summed E-state index contributed by atoms with van der Waals surface area (Å²) in [6, 6.07) is 5.99. The lowest BCUT2D eigenvalue weighted by Crippen LogP contribution is -2.05. The van der Waals surface area contributed by atoms with Crippen LogP contribution in [0.25, 0.3) is 0 Å². The molecule has 0 radical (unpaired) electrons. The fourth-order valence-electron chi connectivity index (χ4n) is 1.63. The monoisotopic (exact) mass is 350 g/mol. The molecule has 0 spiro atoms. The van der Waals surface area contributed by atoms with Gasteiger partial charge in [-0.15, -0.1) is 5.10 Å². The maximum absolute atomic E-state index is 12.6. The van der Waals surface area contributed by atoms with Crippen molar-refractivity contribution in [3.63, 3.8) is 0 Å². The number of benzene rings is 1. The van der Waals surface area contributed by atoms with Crippen LogP contribution in [0.2, 0.25) is 0 Å². The van der Waals surface area contributed by atoms with Crippen LogP contribution in [0.1, 0.15) is 15.9 Å². The van der Waals surface area contributed by atoms with Gasteiger partial charge in [-0.3, -0.25) is 4.79 Å². The van der Waals surface area contributed by atoms with Crippen LogP contribution < -0.4 is 4.74 Å². The first kappa shape index (κ1) is 16.1. The summed E-state index contributed by atoms with van der Waals surface area (Å²) in [5.74, 6) is -2.35. The lowest BCUT2D eigenvalue weighted by atomic mass is 10.1. The van der Waals surface area contributed by atoms with Gasteiger partial charge in [-0.2, -0.15) is 8.78 Å². The number of aromatic nitrogens is 2. The van der Waals surface area contributed by atoms with Crippen molar-refractivity contribution >= 4 is 41.4 Å². The van der Waals surface area contributed by atoms with Gasteiger partial charge in [-0.05, 0) is 36.5 Å². The molecule has 4 nitrogen and oxygen atoms in total. The number of thiol groups is 1. The zero-order chi connectivity index (χ0) is 15.4. The van der Waals surface area contributed by atoms with Gasteiger partial charge in [0.25, 0.3) is 11.0 Å². The molecule has 0 amide bonds. The van der Waals surface area contributed by atoms with Crippen LogP contribution in [0.3, 0.4) is 0 Å². The average Bonchev–Trinajstić information content (AvgIpc) is 2.82. The maximum atomic E-state index is 12.6. The SMILES string of the molecule is O=C(Cl)c1cccc(SC(F)F)c1COc1ccn(S)n1. The molecule has 0 saturated carbocycles. The number of thioether (sulfide) groups is 1. The summed E-state index contributed by atoms with van der Waals surface area (Å²) >= 11 is 9.76. The molecule has 1 aromatic carbocycles. The average molecular weight is 351 g/mol. The Morgan fingerprint density at radius 1 is 1.48 bits per heavy atom. The Kier molecular flexibility index (Phi) is 5.49. The smallest absolute Gasteiger partial charge is 0.288 e. The molecule has 9 heteroatoms. The number of ether oxygens (including phenoxy) is 1. The van der Waals surface area contributed by atoms with Crippen LogP contribution in [0, 0.1) is 0 Å². The molecular formula is C12H9ClF2N2O2S2. The lowest BCUT2D eigenvalue weighted by molar-refractivity contribution is 0.107. The van der Waals surface area contributed by atoms with Crippen LogP contribution >= 0.6 is 36.2 Å². The molecule has 0 bridgehead atoms. The quantitative estimate of drug-likeness (QED) is 0.488. The third kappa shape index (κ3) is 4.36. The summed E-state index contributed by atoms with van der Waals surface area (Å²) in [5, 5.41) is 3.15. The normalized spacial score (nSPS) is 10.9. The van der Waals surface area contributed by atoms with Crippen molar-refractivity contribution in [2.45, 2.75) is 17.3 Å². The van der Waals surface area contributed by atoms with Crippen molar-refractivity contribution < 1.29 is 18.3 Å². The van der Waals surface area contributed by atoms with E-state index in [1.165, 1.54) is 22.3 Å². The van der Waals surface area contributed by atoms with Gasteiger partial charge < -0.3 is 4.74 Å². The topological polar surface area (TPSA) is 44.1 Å². The summed E-state index contributed by atoms with van der Waals surface area (Å²) in [5.41, 5.74) is 0.434. The van der Waals surface area contributed by atoms with E-state index in [1.54, 1.807) is 12.3 Å². The minimum Gasteiger partial charge on any atom is -0.472 e. The Morgan fingerprint density at radius 3 is 2.81 bits per heavy atom. The van der Waals surface area contributed by atoms with Gasteiger partial charge in [0.2, 0.25) is 5.88 Å². The fourth-order valence-corrected chi connectivity index (χ4v) is 2.62. The van der Waals surface area contributed by atoms with E-state index in [9.17, 15) is 13.6 Å². The molecule has 2 rings (SSSR count). The first-order chi connectivity index (χ1) is 9.97. The van der Waals surface area contributed by atoms with Gasteiger partial charge in [-0.25, -0.2) is 4.09 Å². The largest absolute Gasteiger partial charge is 0.472 e. The molecule has 21 heavy (non-hydrogen) atoms. The van der Waals surface area contributed by atoms with Crippen molar-refractivity contribution in [2.75, 3.05) is 0 Å². The number of carbonyl (C=O) groups excluding carboxylic acids is 1. The third-order valence-electron chi connectivity index (χ3n) is 2.48. The van der Waals surface area contributed by atoms with Crippen LogP contribution in [-0.2, 0) is 6.61 Å². The molecule has 1 aromatic heterocycles. The molecule has 0 saturated heterocycles. The molecule has 0 aliphatic heterocycles. The summed E-state index contributed by atoms with van der Waals surface area (Å²) in [4.78, 5) is 11.6. The summed E-state index contributed by atoms with van der Waals surface area (Å²) in [7, 11) is 0. The third-order valence-corrected chi connectivity index (χ3v) is 3.72. The molecule has 0 aliphatic carbocycles. The number of alkyl halides is 2. The van der Waals surface area contributed by atoms with Crippen LogP contribution in [-0.4, -0.2) is 20.2 Å². The van der Waals surface area contributed by atoms with Gasteiger partial charge in [-0.1, -0.05) is 17.8 Å². The fraction of sp³-hybridized carbons (Fsp3) is 0.167. The molecule has 0 fully saturated rings. The highest BCUT2D eigenvalue weighted by atomic mass is 35.5. The summed E-state index contributed by atoms with van der Waals surface area (Å²) in [6.07, 6.45) is 1.55. The van der Waals surface area contributed by atoms with Gasteiger partial charge in [0.15, 0.2) is 0 Å². The molecule has 0 N–H and O–H groups in total. The zero-order valence-electron chi connectivity index (χ0n) is 10.4. The van der Waals surface area contributed by atoms with E-state index in [-0.39, 0.29) is 22.9 Å². The highest BCUT2D eigenvalue weighted by Crippen LogP contribution is 2.31. The molecule has 2 aromatic rings. The van der Waals surface area contributed by atoms with Gasteiger partial charge in [0.1, 0.15) is 6.61 Å². The number of nitrogens with zero attached hydrogens (tertiary/aromatic N) is 2. The Morgan fingerprint density at radius 2 is 2.24 bits per heavy atom. The molecule has 0 unspecified atom stereocenters.